The number of likely N-dealkylation sites (tertiary alicyclic amines) is 1. The Morgan fingerprint density at radius 1 is 1.05 bits per heavy atom. The first-order valence-electron chi connectivity index (χ1n) is 8.28. The van der Waals surface area contributed by atoms with E-state index in [-0.39, 0.29) is 24.8 Å². The van der Waals surface area contributed by atoms with Crippen LogP contribution in [0.5, 0.6) is 0 Å². The summed E-state index contributed by atoms with van der Waals surface area (Å²) in [5.41, 5.74) is 0. The Labute approximate surface area is 148 Å². The van der Waals surface area contributed by atoms with Crippen LogP contribution in [0.4, 0.5) is 0 Å². The molecular weight excluding hydrogens is 321 g/mol. The van der Waals surface area contributed by atoms with Gasteiger partial charge in [0.25, 0.3) is 0 Å². The highest BCUT2D eigenvalue weighted by molar-refractivity contribution is 5.85. The first-order valence-corrected chi connectivity index (χ1v) is 8.28. The van der Waals surface area contributed by atoms with Crippen LogP contribution in [0, 0.1) is 11.8 Å². The summed E-state index contributed by atoms with van der Waals surface area (Å²) in [5, 5.41) is 3.39. The van der Waals surface area contributed by atoms with Crippen LogP contribution in [-0.4, -0.2) is 62.5 Å². The number of nitrogens with one attached hydrogen (secondary N) is 1. The third-order valence-corrected chi connectivity index (χ3v) is 4.82. The van der Waals surface area contributed by atoms with E-state index in [4.69, 9.17) is 0 Å². The number of halogens is 2. The number of hydrogen-bond donors (Lipinski definition) is 1. The minimum absolute atomic E-state index is 0. The van der Waals surface area contributed by atoms with E-state index in [1.54, 1.807) is 0 Å². The molecule has 0 saturated carbocycles. The molecule has 0 aromatic carbocycles. The van der Waals surface area contributed by atoms with Crippen molar-refractivity contribution in [1.29, 1.82) is 0 Å². The Hall–Kier alpha value is -0.0300. The third-order valence-electron chi connectivity index (χ3n) is 4.82. The normalized spacial score (nSPS) is 20.4. The first-order chi connectivity index (χ1) is 9.65. The van der Waals surface area contributed by atoms with Crippen molar-refractivity contribution in [2.75, 3.05) is 46.8 Å². The summed E-state index contributed by atoms with van der Waals surface area (Å²) < 4.78 is 0. The zero-order chi connectivity index (χ0) is 14.4. The summed E-state index contributed by atoms with van der Waals surface area (Å²) in [5.74, 6) is 1.94. The number of rotatable bonds is 5. The lowest BCUT2D eigenvalue weighted by Crippen LogP contribution is -2.40. The maximum atomic E-state index is 12.3. The van der Waals surface area contributed by atoms with Crippen LogP contribution in [0.2, 0.25) is 0 Å². The predicted molar refractivity (Wildman–Crippen MR) is 97.2 cm³/mol. The smallest absolute Gasteiger partial charge is 0.222 e. The Bertz CT molecular complexity index is 302. The number of piperidine rings is 2. The summed E-state index contributed by atoms with van der Waals surface area (Å²) in [6, 6.07) is 0. The molecule has 0 radical (unpaired) electrons. The van der Waals surface area contributed by atoms with Gasteiger partial charge in [0.15, 0.2) is 0 Å². The second kappa shape index (κ2) is 11.5. The van der Waals surface area contributed by atoms with Gasteiger partial charge >= 0.3 is 0 Å². The average molecular weight is 354 g/mol. The van der Waals surface area contributed by atoms with Crippen LogP contribution in [0.15, 0.2) is 0 Å². The van der Waals surface area contributed by atoms with Gasteiger partial charge < -0.3 is 15.1 Å². The highest BCUT2D eigenvalue weighted by atomic mass is 35.5. The molecule has 0 spiro atoms. The van der Waals surface area contributed by atoms with Crippen molar-refractivity contribution >= 4 is 30.7 Å². The maximum absolute atomic E-state index is 12.3. The summed E-state index contributed by atoms with van der Waals surface area (Å²) in [6.07, 6.45) is 6.71. The molecule has 132 valence electrons. The number of carbonyl (C=O) groups is 1. The molecule has 1 amide bonds. The molecule has 0 aromatic rings. The van der Waals surface area contributed by atoms with Gasteiger partial charge in [0.05, 0.1) is 0 Å². The molecule has 4 nitrogen and oxygen atoms in total. The van der Waals surface area contributed by atoms with Crippen molar-refractivity contribution < 1.29 is 4.79 Å². The molecule has 2 fully saturated rings. The van der Waals surface area contributed by atoms with E-state index in [1.165, 1.54) is 25.7 Å². The summed E-state index contributed by atoms with van der Waals surface area (Å²) in [7, 11) is 4.27. The molecule has 22 heavy (non-hydrogen) atoms. The van der Waals surface area contributed by atoms with Crippen molar-refractivity contribution in [3.05, 3.63) is 0 Å². The summed E-state index contributed by atoms with van der Waals surface area (Å²) >= 11 is 0. The van der Waals surface area contributed by atoms with Crippen molar-refractivity contribution in [2.24, 2.45) is 11.8 Å². The summed E-state index contributed by atoms with van der Waals surface area (Å²) in [6.45, 7) is 5.38. The fourth-order valence-electron chi connectivity index (χ4n) is 3.54. The monoisotopic (exact) mass is 353 g/mol. The van der Waals surface area contributed by atoms with E-state index in [2.05, 4.69) is 29.2 Å². The molecule has 2 aliphatic rings. The molecule has 2 aliphatic heterocycles. The van der Waals surface area contributed by atoms with Gasteiger partial charge in [0, 0.05) is 26.1 Å². The topological polar surface area (TPSA) is 35.6 Å². The number of amides is 1. The van der Waals surface area contributed by atoms with E-state index in [0.717, 1.165) is 57.4 Å². The number of hydrogen-bond acceptors (Lipinski definition) is 3. The highest BCUT2D eigenvalue weighted by Gasteiger charge is 2.23. The SMILES string of the molecule is CN(C)CC1CCN(C(=O)CCC2CCNCC2)CC1.Cl.Cl. The number of nitrogens with zero attached hydrogens (tertiary/aromatic N) is 2. The maximum Gasteiger partial charge on any atom is 0.222 e. The molecule has 0 bridgehead atoms. The van der Waals surface area contributed by atoms with E-state index in [0.29, 0.717) is 5.91 Å². The van der Waals surface area contributed by atoms with Gasteiger partial charge in [0.2, 0.25) is 5.91 Å². The highest BCUT2D eigenvalue weighted by Crippen LogP contribution is 2.21. The lowest BCUT2D eigenvalue weighted by Gasteiger charge is -2.33. The largest absolute Gasteiger partial charge is 0.343 e. The Morgan fingerprint density at radius 2 is 1.64 bits per heavy atom. The first kappa shape index (κ1) is 22.0. The van der Waals surface area contributed by atoms with E-state index >= 15 is 0 Å². The van der Waals surface area contributed by atoms with Crippen LogP contribution in [0.3, 0.4) is 0 Å². The van der Waals surface area contributed by atoms with Crippen LogP contribution >= 0.6 is 24.8 Å². The summed E-state index contributed by atoms with van der Waals surface area (Å²) in [4.78, 5) is 16.6. The molecule has 1 N–H and O–H groups in total. The Kier molecular flexibility index (Phi) is 11.5. The van der Waals surface area contributed by atoms with E-state index in [9.17, 15) is 4.79 Å². The second-order valence-electron chi connectivity index (χ2n) is 6.82. The van der Waals surface area contributed by atoms with Crippen molar-refractivity contribution in [3.63, 3.8) is 0 Å². The van der Waals surface area contributed by atoms with E-state index < -0.39 is 0 Å². The molecule has 2 saturated heterocycles. The lowest BCUT2D eigenvalue weighted by molar-refractivity contribution is -0.133. The van der Waals surface area contributed by atoms with Gasteiger partial charge in [-0.05, 0) is 71.1 Å². The second-order valence-corrected chi connectivity index (χ2v) is 6.82. The van der Waals surface area contributed by atoms with E-state index in [1.807, 2.05) is 0 Å². The lowest BCUT2D eigenvalue weighted by atomic mass is 9.92. The van der Waals surface area contributed by atoms with Crippen molar-refractivity contribution in [2.45, 2.75) is 38.5 Å². The quantitative estimate of drug-likeness (QED) is 0.824. The zero-order valence-corrected chi connectivity index (χ0v) is 15.7. The molecule has 2 heterocycles. The molecule has 2 rings (SSSR count). The molecular formula is C16H33Cl2N3O. The van der Waals surface area contributed by atoms with Crippen LogP contribution in [-0.2, 0) is 4.79 Å². The van der Waals surface area contributed by atoms with Gasteiger partial charge in [-0.2, -0.15) is 0 Å². The fraction of sp³-hybridized carbons (Fsp3) is 0.938. The molecule has 6 heteroatoms. The van der Waals surface area contributed by atoms with Crippen LogP contribution in [0.1, 0.15) is 38.5 Å². The van der Waals surface area contributed by atoms with Crippen molar-refractivity contribution in [3.8, 4) is 0 Å². The average Bonchev–Trinajstić information content (AvgIpc) is 2.46. The van der Waals surface area contributed by atoms with Gasteiger partial charge in [-0.1, -0.05) is 0 Å². The van der Waals surface area contributed by atoms with Gasteiger partial charge in [-0.3, -0.25) is 4.79 Å². The van der Waals surface area contributed by atoms with Gasteiger partial charge in [-0.25, -0.2) is 0 Å². The minimum atomic E-state index is 0. The van der Waals surface area contributed by atoms with Crippen LogP contribution < -0.4 is 5.32 Å². The standard InChI is InChI=1S/C16H31N3O.2ClH/c1-18(2)13-15-7-11-19(12-8-15)16(20)4-3-14-5-9-17-10-6-14;;/h14-15,17H,3-13H2,1-2H3;2*1H. The predicted octanol–water partition coefficient (Wildman–Crippen LogP) is 2.41. The third kappa shape index (κ3) is 7.49. The fourth-order valence-corrected chi connectivity index (χ4v) is 3.54. The zero-order valence-electron chi connectivity index (χ0n) is 14.1. The Balaban J connectivity index is 0.00000220. The molecule has 0 atom stereocenters. The van der Waals surface area contributed by atoms with Gasteiger partial charge in [0.1, 0.15) is 0 Å². The number of carbonyl (C=O) groups excluding carboxylic acids is 1. The Morgan fingerprint density at radius 3 is 2.18 bits per heavy atom. The van der Waals surface area contributed by atoms with Crippen molar-refractivity contribution in [1.82, 2.24) is 15.1 Å². The van der Waals surface area contributed by atoms with Gasteiger partial charge in [-0.15, -0.1) is 24.8 Å². The molecule has 0 aliphatic carbocycles. The molecule has 0 aromatic heterocycles. The molecule has 0 unspecified atom stereocenters. The minimum Gasteiger partial charge on any atom is -0.343 e. The van der Waals surface area contributed by atoms with Crippen LogP contribution in [0.25, 0.3) is 0 Å².